The normalized spacial score (nSPS) is 16.1. The lowest BCUT2D eigenvalue weighted by molar-refractivity contribution is 0.414. The van der Waals surface area contributed by atoms with E-state index < -0.39 is 10.0 Å². The van der Waals surface area contributed by atoms with Crippen LogP contribution in [0.4, 0.5) is 5.69 Å². The van der Waals surface area contributed by atoms with Crippen molar-refractivity contribution in [2.75, 3.05) is 18.7 Å². The van der Waals surface area contributed by atoms with Crippen molar-refractivity contribution in [1.82, 2.24) is 4.72 Å². The Morgan fingerprint density at radius 3 is 2.39 bits per heavy atom. The number of hydrogen-bond donors (Lipinski definition) is 1. The molecule has 3 aromatic carbocycles. The van der Waals surface area contributed by atoms with Gasteiger partial charge in [-0.2, -0.15) is 5.10 Å². The molecule has 1 N–H and O–H groups in total. The number of nitrogens with zero attached hydrogens (tertiary/aromatic N) is 2. The predicted octanol–water partition coefficient (Wildman–Crippen LogP) is 5.60. The van der Waals surface area contributed by atoms with Crippen molar-refractivity contribution in [3.63, 3.8) is 0 Å². The van der Waals surface area contributed by atoms with Crippen molar-refractivity contribution in [2.24, 2.45) is 5.10 Å². The van der Waals surface area contributed by atoms with Crippen LogP contribution in [0.2, 0.25) is 10.0 Å². The number of nitrogens with one attached hydrogen (secondary N) is 1. The molecule has 3 aromatic rings. The number of rotatable bonds is 7. The number of anilines is 1. The molecule has 172 valence electrons. The second kappa shape index (κ2) is 9.73. The van der Waals surface area contributed by atoms with Gasteiger partial charge in [0.15, 0.2) is 0 Å². The first-order chi connectivity index (χ1) is 15.8. The Bertz CT molecular complexity index is 1280. The third kappa shape index (κ3) is 5.33. The van der Waals surface area contributed by atoms with Crippen LogP contribution in [0.1, 0.15) is 23.6 Å². The maximum Gasteiger partial charge on any atom is 0.240 e. The summed E-state index contributed by atoms with van der Waals surface area (Å²) in [4.78, 5) is 0.219. The topological polar surface area (TPSA) is 71.0 Å². The lowest BCUT2D eigenvalue weighted by atomic mass is 10.0. The molecule has 0 spiro atoms. The Morgan fingerprint density at radius 2 is 1.76 bits per heavy atom. The highest BCUT2D eigenvalue weighted by Gasteiger charge is 2.31. The number of halogens is 2. The summed E-state index contributed by atoms with van der Waals surface area (Å²) in [5, 5.41) is 7.53. The fraction of sp³-hybridized carbons (Fsp3) is 0.208. The summed E-state index contributed by atoms with van der Waals surface area (Å²) < 4.78 is 33.4. The standard InChI is InChI=1S/C24H23Cl2N3O3S/c1-16-3-10-21(11-4-16)33(30,31)27-15-19-14-24(17-5-8-20(32-2)9-6-17)29(28-19)23-12-7-18(25)13-22(23)26/h3-13,24,27H,14-15H2,1-2H3. The Labute approximate surface area is 203 Å². The molecular formula is C24H23Cl2N3O3S. The molecule has 0 aromatic heterocycles. The highest BCUT2D eigenvalue weighted by atomic mass is 35.5. The summed E-state index contributed by atoms with van der Waals surface area (Å²) >= 11 is 12.6. The molecule has 1 aliphatic rings. The molecule has 0 aliphatic carbocycles. The van der Waals surface area contributed by atoms with Crippen LogP contribution in [0.5, 0.6) is 5.75 Å². The largest absolute Gasteiger partial charge is 0.497 e. The molecule has 9 heteroatoms. The van der Waals surface area contributed by atoms with Gasteiger partial charge < -0.3 is 4.74 Å². The number of ether oxygens (including phenoxy) is 1. The number of hydrazone groups is 1. The minimum Gasteiger partial charge on any atom is -0.497 e. The van der Waals surface area contributed by atoms with Gasteiger partial charge >= 0.3 is 0 Å². The number of hydrogen-bond acceptors (Lipinski definition) is 5. The zero-order valence-corrected chi connectivity index (χ0v) is 20.5. The van der Waals surface area contributed by atoms with Gasteiger partial charge in [-0.15, -0.1) is 0 Å². The van der Waals surface area contributed by atoms with Gasteiger partial charge in [0.1, 0.15) is 5.75 Å². The molecule has 0 saturated heterocycles. The van der Waals surface area contributed by atoms with E-state index in [0.29, 0.717) is 27.9 Å². The van der Waals surface area contributed by atoms with Gasteiger partial charge in [0.2, 0.25) is 10.0 Å². The van der Waals surface area contributed by atoms with E-state index in [9.17, 15) is 8.42 Å². The molecular weight excluding hydrogens is 481 g/mol. The van der Waals surface area contributed by atoms with E-state index in [1.807, 2.05) is 42.3 Å². The molecule has 0 radical (unpaired) electrons. The lowest BCUT2D eigenvalue weighted by Gasteiger charge is -2.25. The summed E-state index contributed by atoms with van der Waals surface area (Å²) in [6, 6.07) is 19.5. The summed E-state index contributed by atoms with van der Waals surface area (Å²) in [5.74, 6) is 0.750. The molecule has 33 heavy (non-hydrogen) atoms. The molecule has 4 rings (SSSR count). The van der Waals surface area contributed by atoms with Gasteiger partial charge in [-0.25, -0.2) is 13.1 Å². The Hall–Kier alpha value is -2.58. The van der Waals surface area contributed by atoms with Crippen molar-refractivity contribution >= 4 is 44.6 Å². The maximum absolute atomic E-state index is 12.7. The third-order valence-electron chi connectivity index (χ3n) is 5.43. The fourth-order valence-corrected chi connectivity index (χ4v) is 5.15. The predicted molar refractivity (Wildman–Crippen MR) is 133 cm³/mol. The minimum absolute atomic E-state index is 0.0879. The summed E-state index contributed by atoms with van der Waals surface area (Å²) in [6.45, 7) is 2.00. The van der Waals surface area contributed by atoms with Crippen molar-refractivity contribution in [3.8, 4) is 5.75 Å². The van der Waals surface area contributed by atoms with Gasteiger partial charge in [-0.1, -0.05) is 53.0 Å². The highest BCUT2D eigenvalue weighted by molar-refractivity contribution is 7.89. The molecule has 1 heterocycles. The zero-order valence-electron chi connectivity index (χ0n) is 18.1. The van der Waals surface area contributed by atoms with Gasteiger partial charge in [0.25, 0.3) is 0 Å². The molecule has 0 amide bonds. The van der Waals surface area contributed by atoms with Crippen LogP contribution < -0.4 is 14.5 Å². The lowest BCUT2D eigenvalue weighted by Crippen LogP contribution is -2.29. The molecule has 0 bridgehead atoms. The monoisotopic (exact) mass is 503 g/mol. The van der Waals surface area contributed by atoms with Gasteiger partial charge in [0.05, 0.1) is 41.0 Å². The van der Waals surface area contributed by atoms with Crippen LogP contribution in [0.25, 0.3) is 0 Å². The van der Waals surface area contributed by atoms with Crippen molar-refractivity contribution in [1.29, 1.82) is 0 Å². The highest BCUT2D eigenvalue weighted by Crippen LogP contribution is 2.39. The van der Waals surface area contributed by atoms with Crippen LogP contribution in [-0.4, -0.2) is 27.8 Å². The van der Waals surface area contributed by atoms with Crippen LogP contribution >= 0.6 is 23.2 Å². The second-order valence-corrected chi connectivity index (χ2v) is 10.3. The van der Waals surface area contributed by atoms with Gasteiger partial charge in [-0.3, -0.25) is 5.01 Å². The number of aryl methyl sites for hydroxylation is 1. The summed E-state index contributed by atoms with van der Waals surface area (Å²) in [5.41, 5.74) is 3.38. The van der Waals surface area contributed by atoms with Crippen molar-refractivity contribution < 1.29 is 13.2 Å². The number of sulfonamides is 1. The van der Waals surface area contributed by atoms with E-state index in [2.05, 4.69) is 4.72 Å². The fourth-order valence-electron chi connectivity index (χ4n) is 3.63. The first-order valence-electron chi connectivity index (χ1n) is 10.3. The first kappa shape index (κ1) is 23.6. The SMILES string of the molecule is COc1ccc(C2CC(CNS(=O)(=O)c3ccc(C)cc3)=NN2c2ccc(Cl)cc2Cl)cc1. The number of methoxy groups -OCH3 is 1. The summed E-state index contributed by atoms with van der Waals surface area (Å²) in [7, 11) is -2.04. The van der Waals surface area contributed by atoms with Crippen molar-refractivity contribution in [3.05, 3.63) is 87.9 Å². The average molecular weight is 504 g/mol. The molecule has 1 unspecified atom stereocenters. The van der Waals surface area contributed by atoms with Crippen molar-refractivity contribution in [2.45, 2.75) is 24.3 Å². The van der Waals surface area contributed by atoms with E-state index in [4.69, 9.17) is 33.0 Å². The smallest absolute Gasteiger partial charge is 0.240 e. The van der Waals surface area contributed by atoms with Crippen LogP contribution in [0.3, 0.4) is 0 Å². The van der Waals surface area contributed by atoms with E-state index in [0.717, 1.165) is 16.9 Å². The minimum atomic E-state index is -3.66. The molecule has 1 aliphatic heterocycles. The van der Waals surface area contributed by atoms with E-state index in [1.165, 1.54) is 0 Å². The molecule has 0 fully saturated rings. The number of benzene rings is 3. The van der Waals surface area contributed by atoms with Gasteiger partial charge in [0, 0.05) is 11.4 Å². The molecule has 6 nitrogen and oxygen atoms in total. The van der Waals surface area contributed by atoms with Crippen LogP contribution in [0, 0.1) is 6.92 Å². The summed E-state index contributed by atoms with van der Waals surface area (Å²) in [6.07, 6.45) is 0.529. The Kier molecular flexibility index (Phi) is 6.95. The maximum atomic E-state index is 12.7. The average Bonchev–Trinajstić information content (AvgIpc) is 3.22. The Balaban J connectivity index is 1.60. The molecule has 1 atom stereocenters. The second-order valence-electron chi connectivity index (χ2n) is 7.74. The first-order valence-corrected chi connectivity index (χ1v) is 12.5. The zero-order chi connectivity index (χ0) is 23.6. The van der Waals surface area contributed by atoms with Crippen LogP contribution in [0.15, 0.2) is 76.7 Å². The van der Waals surface area contributed by atoms with Gasteiger partial charge in [-0.05, 0) is 55.0 Å². The van der Waals surface area contributed by atoms with E-state index >= 15 is 0 Å². The quantitative estimate of drug-likeness (QED) is 0.455. The van der Waals surface area contributed by atoms with E-state index in [-0.39, 0.29) is 17.5 Å². The molecule has 0 saturated carbocycles. The Morgan fingerprint density at radius 1 is 1.06 bits per heavy atom. The van der Waals surface area contributed by atoms with E-state index in [1.54, 1.807) is 43.5 Å². The third-order valence-corrected chi connectivity index (χ3v) is 7.38. The van der Waals surface area contributed by atoms with Crippen LogP contribution in [-0.2, 0) is 10.0 Å².